The molecule has 0 bridgehead atoms. The summed E-state index contributed by atoms with van der Waals surface area (Å²) in [4.78, 5) is 0. The van der Waals surface area contributed by atoms with E-state index in [-0.39, 0.29) is 11.5 Å². The van der Waals surface area contributed by atoms with E-state index in [1.807, 2.05) is 32.0 Å². The van der Waals surface area contributed by atoms with Crippen LogP contribution in [0.15, 0.2) is 36.4 Å². The predicted molar refractivity (Wildman–Crippen MR) is 64.7 cm³/mol. The van der Waals surface area contributed by atoms with Crippen molar-refractivity contribution in [1.29, 1.82) is 0 Å². The molecule has 2 nitrogen and oxygen atoms in total. The van der Waals surface area contributed by atoms with Gasteiger partial charge in [0.05, 0.1) is 0 Å². The molecule has 0 aliphatic carbocycles. The van der Waals surface area contributed by atoms with Crippen LogP contribution in [0.1, 0.15) is 11.1 Å². The van der Waals surface area contributed by atoms with Gasteiger partial charge in [0.2, 0.25) is 0 Å². The zero-order valence-corrected chi connectivity index (χ0v) is 9.36. The largest absolute Gasteiger partial charge is 0.508 e. The monoisotopic (exact) mass is 214 g/mol. The minimum Gasteiger partial charge on any atom is -0.508 e. The highest BCUT2D eigenvalue weighted by atomic mass is 16.3. The number of aryl methyl sites for hydroxylation is 2. The first-order valence-corrected chi connectivity index (χ1v) is 5.18. The fraction of sp³-hybridized carbons (Fsp3) is 0.143. The third-order valence-electron chi connectivity index (χ3n) is 2.74. The predicted octanol–water partition coefficient (Wildman–Crippen LogP) is 3.38. The highest BCUT2D eigenvalue weighted by molar-refractivity contribution is 5.74. The molecule has 2 heteroatoms. The van der Waals surface area contributed by atoms with Crippen LogP contribution in [0.5, 0.6) is 11.5 Å². The summed E-state index contributed by atoms with van der Waals surface area (Å²) in [5, 5.41) is 19.5. The second kappa shape index (κ2) is 3.89. The first-order valence-electron chi connectivity index (χ1n) is 5.18. The molecule has 82 valence electrons. The van der Waals surface area contributed by atoms with E-state index >= 15 is 0 Å². The van der Waals surface area contributed by atoms with Gasteiger partial charge in [0.15, 0.2) is 0 Å². The standard InChI is InChI=1S/C14H14O2/c1-9-7-10(2)14(16)8-12(9)11-5-3-4-6-13(11)15/h3-8,15-16H,1-2H3. The molecular formula is C14H14O2. The van der Waals surface area contributed by atoms with Gasteiger partial charge in [-0.1, -0.05) is 24.3 Å². The molecule has 0 amide bonds. The van der Waals surface area contributed by atoms with Crippen molar-refractivity contribution in [3.8, 4) is 22.6 Å². The van der Waals surface area contributed by atoms with E-state index in [0.717, 1.165) is 22.3 Å². The van der Waals surface area contributed by atoms with Gasteiger partial charge >= 0.3 is 0 Å². The summed E-state index contributed by atoms with van der Waals surface area (Å²) in [6, 6.07) is 10.7. The Hall–Kier alpha value is -1.96. The number of rotatable bonds is 1. The minimum absolute atomic E-state index is 0.230. The van der Waals surface area contributed by atoms with Gasteiger partial charge in [-0.15, -0.1) is 0 Å². The molecule has 0 aliphatic heterocycles. The Kier molecular flexibility index (Phi) is 2.57. The Morgan fingerprint density at radius 3 is 2.12 bits per heavy atom. The molecule has 0 heterocycles. The molecule has 16 heavy (non-hydrogen) atoms. The van der Waals surface area contributed by atoms with E-state index in [2.05, 4.69) is 0 Å². The lowest BCUT2D eigenvalue weighted by Gasteiger charge is -2.10. The van der Waals surface area contributed by atoms with Crippen LogP contribution in [0.25, 0.3) is 11.1 Å². The Morgan fingerprint density at radius 2 is 1.44 bits per heavy atom. The van der Waals surface area contributed by atoms with Crippen LogP contribution in [0.3, 0.4) is 0 Å². The molecule has 0 fully saturated rings. The number of benzene rings is 2. The summed E-state index contributed by atoms with van der Waals surface area (Å²) < 4.78 is 0. The molecule has 0 spiro atoms. The van der Waals surface area contributed by atoms with Gasteiger partial charge in [-0.25, -0.2) is 0 Å². The Balaban J connectivity index is 2.65. The number of phenols is 2. The van der Waals surface area contributed by atoms with Crippen molar-refractivity contribution in [2.24, 2.45) is 0 Å². The van der Waals surface area contributed by atoms with E-state index in [9.17, 15) is 10.2 Å². The van der Waals surface area contributed by atoms with Gasteiger partial charge in [0.1, 0.15) is 11.5 Å². The topological polar surface area (TPSA) is 40.5 Å². The van der Waals surface area contributed by atoms with Gasteiger partial charge in [0, 0.05) is 5.56 Å². The molecule has 0 radical (unpaired) electrons. The highest BCUT2D eigenvalue weighted by Gasteiger charge is 2.08. The van der Waals surface area contributed by atoms with E-state index in [0.29, 0.717) is 0 Å². The molecule has 0 atom stereocenters. The summed E-state index contributed by atoms with van der Waals surface area (Å²) in [7, 11) is 0. The van der Waals surface area contributed by atoms with E-state index in [4.69, 9.17) is 0 Å². The zero-order valence-electron chi connectivity index (χ0n) is 9.36. The summed E-state index contributed by atoms with van der Waals surface area (Å²) in [6.45, 7) is 3.82. The third-order valence-corrected chi connectivity index (χ3v) is 2.74. The van der Waals surface area contributed by atoms with Gasteiger partial charge in [-0.05, 0) is 42.7 Å². The van der Waals surface area contributed by atoms with Gasteiger partial charge < -0.3 is 10.2 Å². The summed E-state index contributed by atoms with van der Waals surface area (Å²) in [5.41, 5.74) is 3.49. The summed E-state index contributed by atoms with van der Waals surface area (Å²) >= 11 is 0. The van der Waals surface area contributed by atoms with Crippen LogP contribution in [-0.2, 0) is 0 Å². The Bertz CT molecular complexity index is 530. The van der Waals surface area contributed by atoms with E-state index in [1.54, 1.807) is 18.2 Å². The first-order chi connectivity index (χ1) is 7.59. The van der Waals surface area contributed by atoms with Crippen LogP contribution >= 0.6 is 0 Å². The van der Waals surface area contributed by atoms with Crippen LogP contribution in [-0.4, -0.2) is 10.2 Å². The molecule has 0 aromatic heterocycles. The lowest BCUT2D eigenvalue weighted by Crippen LogP contribution is -1.86. The van der Waals surface area contributed by atoms with Crippen molar-refractivity contribution >= 4 is 0 Å². The van der Waals surface area contributed by atoms with Crippen LogP contribution in [0.4, 0.5) is 0 Å². The molecule has 0 saturated heterocycles. The average molecular weight is 214 g/mol. The molecule has 0 aliphatic rings. The number of phenolic OH excluding ortho intramolecular Hbond substituents is 2. The number of hydrogen-bond acceptors (Lipinski definition) is 2. The molecule has 2 N–H and O–H groups in total. The lowest BCUT2D eigenvalue weighted by atomic mass is 9.97. The molecule has 2 aromatic carbocycles. The molecule has 2 rings (SSSR count). The Morgan fingerprint density at radius 1 is 0.750 bits per heavy atom. The molecule has 0 saturated carbocycles. The van der Waals surface area contributed by atoms with Crippen molar-refractivity contribution in [2.75, 3.05) is 0 Å². The van der Waals surface area contributed by atoms with Crippen molar-refractivity contribution in [1.82, 2.24) is 0 Å². The van der Waals surface area contributed by atoms with Crippen molar-refractivity contribution < 1.29 is 10.2 Å². The molecule has 2 aromatic rings. The smallest absolute Gasteiger partial charge is 0.123 e. The van der Waals surface area contributed by atoms with Crippen molar-refractivity contribution in [3.63, 3.8) is 0 Å². The van der Waals surface area contributed by atoms with Crippen molar-refractivity contribution in [3.05, 3.63) is 47.5 Å². The normalized spacial score (nSPS) is 10.4. The zero-order chi connectivity index (χ0) is 11.7. The second-order valence-corrected chi connectivity index (χ2v) is 3.97. The summed E-state index contributed by atoms with van der Waals surface area (Å²) in [5.74, 6) is 0.484. The van der Waals surface area contributed by atoms with E-state index < -0.39 is 0 Å². The lowest BCUT2D eigenvalue weighted by molar-refractivity contribution is 0.470. The average Bonchev–Trinajstić information content (AvgIpc) is 2.25. The maximum absolute atomic E-state index is 9.77. The summed E-state index contributed by atoms with van der Waals surface area (Å²) in [6.07, 6.45) is 0. The van der Waals surface area contributed by atoms with Crippen LogP contribution < -0.4 is 0 Å². The van der Waals surface area contributed by atoms with Crippen LogP contribution in [0.2, 0.25) is 0 Å². The maximum Gasteiger partial charge on any atom is 0.123 e. The number of aromatic hydroxyl groups is 2. The minimum atomic E-state index is 0.230. The SMILES string of the molecule is Cc1cc(C)c(-c2ccccc2O)cc1O. The third kappa shape index (κ3) is 1.74. The molecule has 0 unspecified atom stereocenters. The fourth-order valence-corrected chi connectivity index (χ4v) is 1.83. The van der Waals surface area contributed by atoms with Crippen molar-refractivity contribution in [2.45, 2.75) is 13.8 Å². The Labute approximate surface area is 94.8 Å². The fourth-order valence-electron chi connectivity index (χ4n) is 1.83. The first kappa shape index (κ1) is 10.6. The highest BCUT2D eigenvalue weighted by Crippen LogP contribution is 2.34. The van der Waals surface area contributed by atoms with E-state index in [1.165, 1.54) is 0 Å². The maximum atomic E-state index is 9.77. The quantitative estimate of drug-likeness (QED) is 0.764. The number of hydrogen-bond donors (Lipinski definition) is 2. The molecular weight excluding hydrogens is 200 g/mol. The van der Waals surface area contributed by atoms with Gasteiger partial charge in [0.25, 0.3) is 0 Å². The van der Waals surface area contributed by atoms with Gasteiger partial charge in [-0.2, -0.15) is 0 Å². The number of para-hydroxylation sites is 1. The van der Waals surface area contributed by atoms with Crippen LogP contribution in [0, 0.1) is 13.8 Å². The second-order valence-electron chi connectivity index (χ2n) is 3.97. The van der Waals surface area contributed by atoms with Gasteiger partial charge in [-0.3, -0.25) is 0 Å².